The molecular formula is C23H21FN4O2. The summed E-state index contributed by atoms with van der Waals surface area (Å²) < 4.78 is 22.1. The predicted octanol–water partition coefficient (Wildman–Crippen LogP) is 3.97. The molecule has 6 nitrogen and oxygen atoms in total. The van der Waals surface area contributed by atoms with E-state index in [2.05, 4.69) is 10.4 Å². The largest absolute Gasteiger partial charge is 0.489 e. The van der Waals surface area contributed by atoms with Crippen LogP contribution >= 0.6 is 0 Å². The highest BCUT2D eigenvalue weighted by molar-refractivity contribution is 5.65. The van der Waals surface area contributed by atoms with E-state index >= 15 is 0 Å². The highest BCUT2D eigenvalue weighted by Crippen LogP contribution is 2.28. The minimum absolute atomic E-state index is 0.267. The van der Waals surface area contributed by atoms with Crippen LogP contribution in [0.1, 0.15) is 16.7 Å². The highest BCUT2D eigenvalue weighted by Gasteiger charge is 2.14. The maximum atomic E-state index is 13.5. The number of hydrogen-bond donors (Lipinski definition) is 0. The van der Waals surface area contributed by atoms with Crippen molar-refractivity contribution in [2.24, 2.45) is 7.05 Å². The van der Waals surface area contributed by atoms with E-state index in [0.717, 1.165) is 33.6 Å². The molecule has 0 fully saturated rings. The first-order valence-electron chi connectivity index (χ1n) is 9.51. The van der Waals surface area contributed by atoms with Gasteiger partial charge in [-0.15, -0.1) is 0 Å². The summed E-state index contributed by atoms with van der Waals surface area (Å²) in [4.78, 5) is 12.3. The van der Waals surface area contributed by atoms with Crippen LogP contribution in [0.5, 0.6) is 5.75 Å². The number of rotatable bonds is 5. The topological polar surface area (TPSA) is 61.9 Å². The fraction of sp³-hybridized carbons (Fsp3) is 0.174. The molecule has 0 saturated heterocycles. The Morgan fingerprint density at radius 1 is 0.933 bits per heavy atom. The number of nitrogens with zero attached hydrogens (tertiary/aromatic N) is 4. The predicted molar refractivity (Wildman–Crippen MR) is 112 cm³/mol. The van der Waals surface area contributed by atoms with Crippen molar-refractivity contribution in [3.05, 3.63) is 93.7 Å². The van der Waals surface area contributed by atoms with Gasteiger partial charge in [0.1, 0.15) is 18.2 Å². The van der Waals surface area contributed by atoms with Gasteiger partial charge in [0.15, 0.2) is 0 Å². The van der Waals surface area contributed by atoms with E-state index in [0.29, 0.717) is 5.69 Å². The molecule has 0 atom stereocenters. The van der Waals surface area contributed by atoms with Gasteiger partial charge in [-0.2, -0.15) is 9.36 Å². The van der Waals surface area contributed by atoms with Crippen molar-refractivity contribution < 1.29 is 9.13 Å². The molecule has 0 aliphatic carbocycles. The molecule has 0 N–H and O–H groups in total. The third-order valence-electron chi connectivity index (χ3n) is 5.04. The van der Waals surface area contributed by atoms with Gasteiger partial charge in [0.25, 0.3) is 0 Å². The van der Waals surface area contributed by atoms with Gasteiger partial charge in [0.2, 0.25) is 0 Å². The van der Waals surface area contributed by atoms with Crippen molar-refractivity contribution in [1.29, 1.82) is 0 Å². The van der Waals surface area contributed by atoms with Crippen molar-refractivity contribution in [1.82, 2.24) is 19.8 Å². The van der Waals surface area contributed by atoms with Crippen molar-refractivity contribution in [2.75, 3.05) is 0 Å². The average molecular weight is 404 g/mol. The molecule has 0 bridgehead atoms. The van der Waals surface area contributed by atoms with Crippen molar-refractivity contribution in [3.8, 4) is 22.6 Å². The number of benzene rings is 3. The molecule has 7 heteroatoms. The molecule has 3 aromatic carbocycles. The zero-order chi connectivity index (χ0) is 21.3. The van der Waals surface area contributed by atoms with E-state index in [1.165, 1.54) is 21.5 Å². The van der Waals surface area contributed by atoms with Crippen LogP contribution in [0.15, 0.2) is 65.5 Å². The summed E-state index contributed by atoms with van der Waals surface area (Å²) in [5.41, 5.74) is 4.82. The van der Waals surface area contributed by atoms with Gasteiger partial charge in [-0.3, -0.25) is 0 Å². The van der Waals surface area contributed by atoms with Gasteiger partial charge in [-0.25, -0.2) is 9.18 Å². The summed E-state index contributed by atoms with van der Waals surface area (Å²) in [6.07, 6.45) is 0. The summed E-state index contributed by atoms with van der Waals surface area (Å²) >= 11 is 0. The Balaban J connectivity index is 1.61. The van der Waals surface area contributed by atoms with Gasteiger partial charge >= 0.3 is 5.69 Å². The Kier molecular flexibility index (Phi) is 5.18. The molecule has 4 aromatic rings. The Hall–Kier alpha value is -3.74. The van der Waals surface area contributed by atoms with E-state index in [9.17, 15) is 9.18 Å². The molecule has 152 valence electrons. The third-order valence-corrected chi connectivity index (χ3v) is 5.04. The Labute approximate surface area is 173 Å². The fourth-order valence-corrected chi connectivity index (χ4v) is 3.35. The second kappa shape index (κ2) is 7.94. The lowest BCUT2D eigenvalue weighted by Gasteiger charge is -2.15. The Morgan fingerprint density at radius 2 is 1.70 bits per heavy atom. The smallest absolute Gasteiger partial charge is 0.368 e. The molecular weight excluding hydrogens is 383 g/mol. The summed E-state index contributed by atoms with van der Waals surface area (Å²) in [6.45, 7) is 4.18. The standard InChI is InChI=1S/C23H21FN4O2/c1-15-6-4-9-21(28-23(29)27(3)25-26-28)20(15)14-30-22-11-10-18(12-16(22)2)17-7-5-8-19(24)13-17/h4-13H,14H2,1-3H3. The zero-order valence-electron chi connectivity index (χ0n) is 17.0. The van der Waals surface area contributed by atoms with Crippen LogP contribution in [0.2, 0.25) is 0 Å². The van der Waals surface area contributed by atoms with Crippen LogP contribution in [0.4, 0.5) is 4.39 Å². The van der Waals surface area contributed by atoms with Gasteiger partial charge in [0.05, 0.1) is 5.69 Å². The minimum atomic E-state index is -0.322. The second-order valence-corrected chi connectivity index (χ2v) is 7.15. The average Bonchev–Trinajstić information content (AvgIpc) is 3.06. The quantitative estimate of drug-likeness (QED) is 0.505. The normalized spacial score (nSPS) is 10.9. The third kappa shape index (κ3) is 3.74. The van der Waals surface area contributed by atoms with Crippen molar-refractivity contribution in [3.63, 3.8) is 0 Å². The molecule has 0 spiro atoms. The van der Waals surface area contributed by atoms with Crippen LogP contribution in [0.25, 0.3) is 16.8 Å². The number of ether oxygens (including phenoxy) is 1. The lowest BCUT2D eigenvalue weighted by Crippen LogP contribution is -2.23. The highest BCUT2D eigenvalue weighted by atomic mass is 19.1. The molecule has 0 unspecified atom stereocenters. The fourth-order valence-electron chi connectivity index (χ4n) is 3.35. The Morgan fingerprint density at radius 3 is 2.40 bits per heavy atom. The first kappa shape index (κ1) is 19.6. The van der Waals surface area contributed by atoms with E-state index in [-0.39, 0.29) is 18.1 Å². The van der Waals surface area contributed by atoms with E-state index < -0.39 is 0 Å². The van der Waals surface area contributed by atoms with Crippen LogP contribution in [0.3, 0.4) is 0 Å². The van der Waals surface area contributed by atoms with Crippen LogP contribution in [0, 0.1) is 19.7 Å². The SMILES string of the molecule is Cc1cc(-c2cccc(F)c2)ccc1OCc1c(C)cccc1-n1nnn(C)c1=O. The number of tetrazole rings is 1. The van der Waals surface area contributed by atoms with E-state index in [4.69, 9.17) is 4.74 Å². The molecule has 0 radical (unpaired) electrons. The van der Waals surface area contributed by atoms with E-state index in [1.807, 2.05) is 56.3 Å². The van der Waals surface area contributed by atoms with Gasteiger partial charge < -0.3 is 4.74 Å². The lowest BCUT2D eigenvalue weighted by molar-refractivity contribution is 0.302. The van der Waals surface area contributed by atoms with Gasteiger partial charge in [-0.1, -0.05) is 30.3 Å². The first-order valence-corrected chi connectivity index (χ1v) is 9.51. The van der Waals surface area contributed by atoms with Crippen LogP contribution < -0.4 is 10.4 Å². The summed E-state index contributed by atoms with van der Waals surface area (Å²) in [5.74, 6) is 0.452. The van der Waals surface area contributed by atoms with Gasteiger partial charge in [-0.05, 0) is 76.9 Å². The minimum Gasteiger partial charge on any atom is -0.489 e. The first-order chi connectivity index (χ1) is 14.4. The number of aryl methyl sites for hydroxylation is 3. The summed E-state index contributed by atoms with van der Waals surface area (Å²) in [7, 11) is 1.56. The number of hydrogen-bond acceptors (Lipinski definition) is 4. The van der Waals surface area contributed by atoms with Crippen LogP contribution in [-0.2, 0) is 13.7 Å². The van der Waals surface area contributed by atoms with E-state index in [1.54, 1.807) is 13.1 Å². The van der Waals surface area contributed by atoms with Gasteiger partial charge in [0, 0.05) is 12.6 Å². The zero-order valence-corrected chi connectivity index (χ0v) is 17.0. The molecule has 0 saturated carbocycles. The maximum Gasteiger partial charge on any atom is 0.368 e. The lowest BCUT2D eigenvalue weighted by atomic mass is 10.0. The maximum absolute atomic E-state index is 13.5. The molecule has 0 amide bonds. The van der Waals surface area contributed by atoms with Crippen LogP contribution in [-0.4, -0.2) is 19.8 Å². The molecule has 30 heavy (non-hydrogen) atoms. The Bertz CT molecular complexity index is 1280. The number of aromatic nitrogens is 4. The summed E-state index contributed by atoms with van der Waals surface area (Å²) in [6, 6.07) is 17.9. The number of halogens is 1. The molecule has 4 rings (SSSR count). The van der Waals surface area contributed by atoms with Crippen molar-refractivity contribution >= 4 is 0 Å². The molecule has 1 heterocycles. The van der Waals surface area contributed by atoms with Crippen molar-refractivity contribution in [2.45, 2.75) is 20.5 Å². The summed E-state index contributed by atoms with van der Waals surface area (Å²) in [5, 5.41) is 7.73. The molecule has 0 aliphatic heterocycles. The monoisotopic (exact) mass is 404 g/mol. The molecule has 0 aliphatic rings. The molecule has 1 aromatic heterocycles. The second-order valence-electron chi connectivity index (χ2n) is 7.15.